The number of nitrogens with one attached hydrogen (secondary N) is 1. The molecule has 1 aromatic heterocycles. The van der Waals surface area contributed by atoms with Gasteiger partial charge in [0.2, 0.25) is 9.84 Å². The second-order valence-electron chi connectivity index (χ2n) is 5.66. The number of hydrogen-bond acceptors (Lipinski definition) is 5. The number of carbonyl (C=O) groups is 1. The van der Waals surface area contributed by atoms with Gasteiger partial charge in [-0.1, -0.05) is 30.3 Å². The molecule has 1 atom stereocenters. The van der Waals surface area contributed by atoms with Crippen molar-refractivity contribution in [1.82, 2.24) is 4.98 Å². The minimum Gasteiger partial charge on any atom is -0.320 e. The van der Waals surface area contributed by atoms with Gasteiger partial charge in [0.25, 0.3) is 5.56 Å². The molecule has 0 radical (unpaired) electrons. The maximum Gasteiger partial charge on any atom is 0.260 e. The van der Waals surface area contributed by atoms with Crippen molar-refractivity contribution in [2.75, 3.05) is 6.26 Å². The lowest BCUT2D eigenvalue weighted by Crippen LogP contribution is -2.21. The molecule has 6 nitrogen and oxygen atoms in total. The summed E-state index contributed by atoms with van der Waals surface area (Å²) in [5, 5.41) is 0.271. The molecule has 0 saturated heterocycles. The van der Waals surface area contributed by atoms with Gasteiger partial charge in [-0.2, -0.15) is 0 Å². The Labute approximate surface area is 152 Å². The number of H-pyrrole nitrogens is 1. The number of aromatic amines is 1. The van der Waals surface area contributed by atoms with E-state index in [4.69, 9.17) is 0 Å². The second-order valence-corrected chi connectivity index (χ2v) is 8.90. The van der Waals surface area contributed by atoms with Crippen LogP contribution in [0.1, 0.15) is 17.3 Å². The van der Waals surface area contributed by atoms with Gasteiger partial charge in [-0.05, 0) is 25.1 Å². The van der Waals surface area contributed by atoms with Crippen molar-refractivity contribution in [1.29, 1.82) is 0 Å². The van der Waals surface area contributed by atoms with E-state index in [1.807, 2.05) is 0 Å². The Morgan fingerprint density at radius 2 is 1.69 bits per heavy atom. The van der Waals surface area contributed by atoms with Gasteiger partial charge < -0.3 is 4.98 Å². The smallest absolute Gasteiger partial charge is 0.260 e. The van der Waals surface area contributed by atoms with Gasteiger partial charge in [-0.25, -0.2) is 8.42 Å². The van der Waals surface area contributed by atoms with E-state index < -0.39 is 32.0 Å². The molecule has 0 saturated carbocycles. The van der Waals surface area contributed by atoms with Crippen LogP contribution < -0.4 is 5.56 Å². The summed E-state index contributed by atoms with van der Waals surface area (Å²) in [5.74, 6) is -0.533. The first kappa shape index (κ1) is 18.2. The molecule has 0 amide bonds. The zero-order valence-corrected chi connectivity index (χ0v) is 15.6. The van der Waals surface area contributed by atoms with E-state index in [1.54, 1.807) is 24.3 Å². The molecule has 8 heteroatoms. The number of pyridine rings is 1. The van der Waals surface area contributed by atoms with Crippen LogP contribution in [0.4, 0.5) is 0 Å². The third-order valence-corrected chi connectivity index (χ3v) is 6.76. The topological polar surface area (TPSA) is 101 Å². The molecule has 3 rings (SSSR count). The predicted molar refractivity (Wildman–Crippen MR) is 98.8 cm³/mol. The lowest BCUT2D eigenvalue weighted by Gasteiger charge is -2.12. The van der Waals surface area contributed by atoms with Gasteiger partial charge in [-0.3, -0.25) is 13.8 Å². The van der Waals surface area contributed by atoms with Crippen molar-refractivity contribution >= 4 is 37.3 Å². The highest BCUT2D eigenvalue weighted by molar-refractivity contribution is 7.91. The van der Waals surface area contributed by atoms with Gasteiger partial charge in [0, 0.05) is 11.6 Å². The predicted octanol–water partition coefficient (Wildman–Crippen LogP) is 2.30. The van der Waals surface area contributed by atoms with E-state index in [0.717, 1.165) is 0 Å². The maximum absolute atomic E-state index is 13.0. The average Bonchev–Trinajstić information content (AvgIpc) is 2.60. The number of para-hydroxylation sites is 1. The van der Waals surface area contributed by atoms with Crippen LogP contribution in [0, 0.1) is 0 Å². The first-order valence-corrected chi connectivity index (χ1v) is 10.6. The normalized spacial score (nSPS) is 12.8. The van der Waals surface area contributed by atoms with Crippen molar-refractivity contribution < 1.29 is 17.4 Å². The second kappa shape index (κ2) is 6.62. The molecule has 2 aromatic carbocycles. The summed E-state index contributed by atoms with van der Waals surface area (Å²) in [6.45, 7) is 1.21. The fourth-order valence-corrected chi connectivity index (χ4v) is 5.29. The van der Waals surface area contributed by atoms with Crippen LogP contribution in [0.25, 0.3) is 10.9 Å². The summed E-state index contributed by atoms with van der Waals surface area (Å²) in [4.78, 5) is 26.8. The van der Waals surface area contributed by atoms with Crippen LogP contribution >= 0.6 is 0 Å². The van der Waals surface area contributed by atoms with Gasteiger partial charge in [0.05, 0.1) is 36.6 Å². The van der Waals surface area contributed by atoms with Crippen LogP contribution in [-0.4, -0.2) is 29.6 Å². The summed E-state index contributed by atoms with van der Waals surface area (Å²) >= 11 is 0. The fourth-order valence-electron chi connectivity index (χ4n) is 2.83. The Hall–Kier alpha value is -2.58. The standard InChI is InChI=1S/C18H15NO5S2/c1-11(20)15-17(25(2)22)13-9-6-10-14(16(13)19-18(15)21)26(23,24)12-7-4-3-5-8-12/h3-10H,1-2H3,(H,19,21). The summed E-state index contributed by atoms with van der Waals surface area (Å²) in [6, 6.07) is 12.2. The number of benzene rings is 2. The number of ketones is 1. The van der Waals surface area contributed by atoms with E-state index in [9.17, 15) is 22.2 Å². The van der Waals surface area contributed by atoms with E-state index in [-0.39, 0.29) is 31.2 Å². The lowest BCUT2D eigenvalue weighted by atomic mass is 10.1. The quantitative estimate of drug-likeness (QED) is 0.690. The Bertz CT molecular complexity index is 1210. The first-order valence-electron chi connectivity index (χ1n) is 7.58. The number of aromatic nitrogens is 1. The molecule has 1 N–H and O–H groups in total. The zero-order chi connectivity index (χ0) is 19.1. The third-order valence-electron chi connectivity index (χ3n) is 3.95. The Morgan fingerprint density at radius 3 is 2.27 bits per heavy atom. The highest BCUT2D eigenvalue weighted by Gasteiger charge is 2.25. The highest BCUT2D eigenvalue weighted by Crippen LogP contribution is 2.30. The number of rotatable bonds is 4. The Morgan fingerprint density at radius 1 is 1.04 bits per heavy atom. The van der Waals surface area contributed by atoms with Crippen LogP contribution in [0.15, 0.2) is 68.0 Å². The molecule has 134 valence electrons. The van der Waals surface area contributed by atoms with Crippen molar-refractivity contribution in [3.05, 3.63) is 64.4 Å². The number of sulfone groups is 1. The molecule has 0 bridgehead atoms. The molecule has 0 fully saturated rings. The van der Waals surface area contributed by atoms with Crippen LogP contribution in [0.3, 0.4) is 0 Å². The molecule has 0 spiro atoms. The molecule has 0 aliphatic heterocycles. The summed E-state index contributed by atoms with van der Waals surface area (Å²) in [6.07, 6.45) is 1.35. The maximum atomic E-state index is 13.0. The number of Topliss-reactive ketones (excluding diaryl/α,β-unsaturated/α-hetero) is 1. The van der Waals surface area contributed by atoms with Gasteiger partial charge in [0.15, 0.2) is 5.78 Å². The van der Waals surface area contributed by atoms with Gasteiger partial charge in [-0.15, -0.1) is 0 Å². The highest BCUT2D eigenvalue weighted by atomic mass is 32.2. The summed E-state index contributed by atoms with van der Waals surface area (Å²) < 4.78 is 38.2. The molecule has 26 heavy (non-hydrogen) atoms. The van der Waals surface area contributed by atoms with Crippen LogP contribution in [-0.2, 0) is 20.6 Å². The largest absolute Gasteiger partial charge is 0.320 e. The Kier molecular flexibility index (Phi) is 4.64. The van der Waals surface area contributed by atoms with E-state index in [2.05, 4.69) is 4.98 Å². The van der Waals surface area contributed by atoms with Crippen molar-refractivity contribution in [2.45, 2.75) is 21.6 Å². The van der Waals surface area contributed by atoms with E-state index >= 15 is 0 Å². The fraction of sp³-hybridized carbons (Fsp3) is 0.111. The third kappa shape index (κ3) is 2.91. The minimum atomic E-state index is -3.91. The lowest BCUT2D eigenvalue weighted by molar-refractivity contribution is 0.101. The van der Waals surface area contributed by atoms with Crippen LogP contribution in [0.2, 0.25) is 0 Å². The monoisotopic (exact) mass is 389 g/mol. The summed E-state index contributed by atoms with van der Waals surface area (Å²) in [7, 11) is -5.57. The van der Waals surface area contributed by atoms with Crippen molar-refractivity contribution in [3.8, 4) is 0 Å². The summed E-state index contributed by atoms with van der Waals surface area (Å²) in [5.41, 5.74) is -0.935. The molecular formula is C18H15NO5S2. The SMILES string of the molecule is CC(=O)c1c(S(C)=O)c2cccc(S(=O)(=O)c3ccccc3)c2[nH]c1=O. The number of fused-ring (bicyclic) bond motifs is 1. The zero-order valence-electron chi connectivity index (χ0n) is 14.0. The molecule has 3 aromatic rings. The minimum absolute atomic E-state index is 0.0385. The average molecular weight is 389 g/mol. The molecular weight excluding hydrogens is 374 g/mol. The molecule has 0 aliphatic carbocycles. The van der Waals surface area contributed by atoms with Gasteiger partial charge in [0.1, 0.15) is 0 Å². The van der Waals surface area contributed by atoms with E-state index in [0.29, 0.717) is 0 Å². The first-order chi connectivity index (χ1) is 12.2. The Balaban J connectivity index is 2.47. The van der Waals surface area contributed by atoms with Crippen molar-refractivity contribution in [2.24, 2.45) is 0 Å². The number of hydrogen-bond donors (Lipinski definition) is 1. The number of carbonyl (C=O) groups excluding carboxylic acids is 1. The molecule has 1 heterocycles. The van der Waals surface area contributed by atoms with Crippen molar-refractivity contribution in [3.63, 3.8) is 0 Å². The van der Waals surface area contributed by atoms with E-state index in [1.165, 1.54) is 37.4 Å². The van der Waals surface area contributed by atoms with Gasteiger partial charge >= 0.3 is 0 Å². The van der Waals surface area contributed by atoms with Crippen LogP contribution in [0.5, 0.6) is 0 Å². The molecule has 0 aliphatic rings. The molecule has 1 unspecified atom stereocenters.